The highest BCUT2D eigenvalue weighted by Crippen LogP contribution is 2.20. The van der Waals surface area contributed by atoms with E-state index in [0.29, 0.717) is 12.0 Å². The molecule has 6 heteroatoms. The van der Waals surface area contributed by atoms with E-state index >= 15 is 0 Å². The quantitative estimate of drug-likeness (QED) is 0.373. The highest BCUT2D eigenvalue weighted by Gasteiger charge is 2.22. The van der Waals surface area contributed by atoms with E-state index in [1.165, 1.54) is 5.56 Å². The first-order valence-electron chi connectivity index (χ1n) is 10.1. The topological polar surface area (TPSA) is 58.1 Å². The van der Waals surface area contributed by atoms with Crippen LogP contribution in [0.15, 0.2) is 35.3 Å². The molecule has 1 aromatic carbocycles. The van der Waals surface area contributed by atoms with Crippen molar-refractivity contribution in [2.75, 3.05) is 59.7 Å². The number of morpholine rings is 1. The molecule has 0 aromatic heterocycles. The fourth-order valence-corrected chi connectivity index (χ4v) is 3.14. The van der Waals surface area contributed by atoms with Crippen LogP contribution in [0.5, 0.6) is 0 Å². The van der Waals surface area contributed by atoms with Crippen LogP contribution in [0.1, 0.15) is 31.9 Å². The van der Waals surface area contributed by atoms with Gasteiger partial charge in [0.25, 0.3) is 0 Å². The summed E-state index contributed by atoms with van der Waals surface area (Å²) in [6.45, 7) is 11.1. The number of guanidine groups is 1. The molecule has 1 saturated heterocycles. The number of hydrogen-bond acceptors (Lipinski definition) is 4. The minimum Gasteiger partial charge on any atom is -0.381 e. The number of hydrogen-bond donors (Lipinski definition) is 2. The molecule has 1 aliphatic heterocycles. The van der Waals surface area contributed by atoms with Gasteiger partial charge in [-0.15, -0.1) is 0 Å². The molecule has 2 N–H and O–H groups in total. The number of ether oxygens (including phenoxy) is 2. The van der Waals surface area contributed by atoms with Gasteiger partial charge in [-0.05, 0) is 17.9 Å². The third-order valence-electron chi connectivity index (χ3n) is 4.57. The third-order valence-corrected chi connectivity index (χ3v) is 4.57. The lowest BCUT2D eigenvalue weighted by atomic mass is 10.0. The first-order valence-corrected chi connectivity index (χ1v) is 10.1. The highest BCUT2D eigenvalue weighted by atomic mass is 16.5. The largest absolute Gasteiger partial charge is 0.381 e. The standard InChI is InChI=1S/C21H36N4O2/c1-18(2)17-27-13-7-10-23-21(22-3)24-16-20(19-8-5-4-6-9-19)25-11-14-26-15-12-25/h4-6,8-9,18,20H,7,10-17H2,1-3H3,(H2,22,23,24). The summed E-state index contributed by atoms with van der Waals surface area (Å²) in [4.78, 5) is 6.84. The van der Waals surface area contributed by atoms with Crippen LogP contribution in [0.2, 0.25) is 0 Å². The molecular formula is C21H36N4O2. The maximum Gasteiger partial charge on any atom is 0.191 e. The van der Waals surface area contributed by atoms with E-state index in [-0.39, 0.29) is 0 Å². The number of rotatable bonds is 10. The van der Waals surface area contributed by atoms with E-state index in [0.717, 1.165) is 65.0 Å². The summed E-state index contributed by atoms with van der Waals surface area (Å²) in [5.74, 6) is 1.43. The van der Waals surface area contributed by atoms with Crippen molar-refractivity contribution in [3.05, 3.63) is 35.9 Å². The number of benzene rings is 1. The van der Waals surface area contributed by atoms with Crippen molar-refractivity contribution in [2.45, 2.75) is 26.3 Å². The normalized spacial score (nSPS) is 17.1. The lowest BCUT2D eigenvalue weighted by Gasteiger charge is -2.35. The molecule has 1 atom stereocenters. The molecule has 0 radical (unpaired) electrons. The Labute approximate surface area is 164 Å². The van der Waals surface area contributed by atoms with Crippen molar-refractivity contribution in [1.29, 1.82) is 0 Å². The van der Waals surface area contributed by atoms with Crippen LogP contribution in [0, 0.1) is 5.92 Å². The van der Waals surface area contributed by atoms with Crippen LogP contribution in [-0.2, 0) is 9.47 Å². The van der Waals surface area contributed by atoms with Gasteiger partial charge < -0.3 is 20.1 Å². The number of nitrogens with one attached hydrogen (secondary N) is 2. The molecule has 0 spiro atoms. The zero-order valence-corrected chi connectivity index (χ0v) is 17.1. The molecular weight excluding hydrogens is 340 g/mol. The summed E-state index contributed by atoms with van der Waals surface area (Å²) in [5.41, 5.74) is 1.32. The van der Waals surface area contributed by atoms with Crippen molar-refractivity contribution in [1.82, 2.24) is 15.5 Å². The van der Waals surface area contributed by atoms with Gasteiger partial charge in [0, 0.05) is 46.4 Å². The minimum absolute atomic E-state index is 0.308. The Kier molecular flexibility index (Phi) is 10.2. The van der Waals surface area contributed by atoms with E-state index in [1.54, 1.807) is 0 Å². The summed E-state index contributed by atoms with van der Waals surface area (Å²) in [5, 5.41) is 6.87. The molecule has 2 rings (SSSR count). The van der Waals surface area contributed by atoms with Crippen LogP contribution < -0.4 is 10.6 Å². The predicted molar refractivity (Wildman–Crippen MR) is 111 cm³/mol. The predicted octanol–water partition coefficient (Wildman–Crippen LogP) is 2.29. The van der Waals surface area contributed by atoms with E-state index in [1.807, 2.05) is 7.05 Å². The summed E-state index contributed by atoms with van der Waals surface area (Å²) in [7, 11) is 1.82. The van der Waals surface area contributed by atoms with Gasteiger partial charge in [0.05, 0.1) is 19.3 Å². The van der Waals surface area contributed by atoms with Gasteiger partial charge in [0.15, 0.2) is 5.96 Å². The maximum absolute atomic E-state index is 5.63. The first kappa shape index (κ1) is 21.7. The van der Waals surface area contributed by atoms with Crippen molar-refractivity contribution < 1.29 is 9.47 Å². The molecule has 1 unspecified atom stereocenters. The van der Waals surface area contributed by atoms with Gasteiger partial charge in [0.1, 0.15) is 0 Å². The van der Waals surface area contributed by atoms with Crippen molar-refractivity contribution in [3.63, 3.8) is 0 Å². The molecule has 1 heterocycles. The van der Waals surface area contributed by atoms with Crippen molar-refractivity contribution in [2.24, 2.45) is 10.9 Å². The van der Waals surface area contributed by atoms with E-state index in [2.05, 4.69) is 64.7 Å². The molecule has 1 aromatic rings. The lowest BCUT2D eigenvalue weighted by molar-refractivity contribution is 0.0170. The SMILES string of the molecule is CN=C(NCCCOCC(C)C)NCC(c1ccccc1)N1CCOCC1. The van der Waals surface area contributed by atoms with Crippen LogP contribution in [0.4, 0.5) is 0 Å². The smallest absolute Gasteiger partial charge is 0.191 e. The first-order chi connectivity index (χ1) is 13.2. The Morgan fingerprint density at radius 2 is 1.93 bits per heavy atom. The molecule has 0 aliphatic carbocycles. The maximum atomic E-state index is 5.63. The summed E-state index contributed by atoms with van der Waals surface area (Å²) in [6, 6.07) is 11.0. The summed E-state index contributed by atoms with van der Waals surface area (Å²) < 4.78 is 11.1. The summed E-state index contributed by atoms with van der Waals surface area (Å²) in [6.07, 6.45) is 0.971. The molecule has 0 amide bonds. The Morgan fingerprint density at radius 1 is 1.19 bits per heavy atom. The Morgan fingerprint density at radius 3 is 2.59 bits per heavy atom. The highest BCUT2D eigenvalue weighted by molar-refractivity contribution is 5.79. The van der Waals surface area contributed by atoms with Gasteiger partial charge in [0.2, 0.25) is 0 Å². The van der Waals surface area contributed by atoms with Crippen LogP contribution in [-0.4, -0.2) is 70.5 Å². The summed E-state index contributed by atoms with van der Waals surface area (Å²) >= 11 is 0. The lowest BCUT2D eigenvalue weighted by Crippen LogP contribution is -2.46. The second-order valence-corrected chi connectivity index (χ2v) is 7.28. The molecule has 1 aliphatic rings. The van der Waals surface area contributed by atoms with Gasteiger partial charge in [-0.2, -0.15) is 0 Å². The second-order valence-electron chi connectivity index (χ2n) is 7.28. The Balaban J connectivity index is 1.80. The van der Waals surface area contributed by atoms with Crippen molar-refractivity contribution in [3.8, 4) is 0 Å². The van der Waals surface area contributed by atoms with E-state index < -0.39 is 0 Å². The van der Waals surface area contributed by atoms with E-state index in [9.17, 15) is 0 Å². The molecule has 27 heavy (non-hydrogen) atoms. The van der Waals surface area contributed by atoms with Gasteiger partial charge >= 0.3 is 0 Å². The molecule has 6 nitrogen and oxygen atoms in total. The number of nitrogens with zero attached hydrogens (tertiary/aromatic N) is 2. The second kappa shape index (κ2) is 12.7. The zero-order chi connectivity index (χ0) is 19.3. The van der Waals surface area contributed by atoms with Crippen LogP contribution in [0.3, 0.4) is 0 Å². The molecule has 0 bridgehead atoms. The Hall–Kier alpha value is -1.63. The van der Waals surface area contributed by atoms with Crippen molar-refractivity contribution >= 4 is 5.96 Å². The average molecular weight is 377 g/mol. The van der Waals surface area contributed by atoms with E-state index in [4.69, 9.17) is 9.47 Å². The van der Waals surface area contributed by atoms with Crippen LogP contribution in [0.25, 0.3) is 0 Å². The van der Waals surface area contributed by atoms with Gasteiger partial charge in [-0.25, -0.2) is 0 Å². The minimum atomic E-state index is 0.308. The zero-order valence-electron chi connectivity index (χ0n) is 17.1. The number of aliphatic imine (C=N–C) groups is 1. The molecule has 0 saturated carbocycles. The van der Waals surface area contributed by atoms with Gasteiger partial charge in [-0.3, -0.25) is 9.89 Å². The Bertz CT molecular complexity index is 530. The fraction of sp³-hybridized carbons (Fsp3) is 0.667. The average Bonchev–Trinajstić information content (AvgIpc) is 2.70. The monoisotopic (exact) mass is 376 g/mol. The molecule has 152 valence electrons. The van der Waals surface area contributed by atoms with Gasteiger partial charge in [-0.1, -0.05) is 44.2 Å². The van der Waals surface area contributed by atoms with Crippen LogP contribution >= 0.6 is 0 Å². The third kappa shape index (κ3) is 8.28. The fourth-order valence-electron chi connectivity index (χ4n) is 3.14. The molecule has 1 fully saturated rings.